The lowest BCUT2D eigenvalue weighted by atomic mass is 10.2. The van der Waals surface area contributed by atoms with Crippen LogP contribution in [0.25, 0.3) is 0 Å². The number of aliphatic imine (C=N–C) groups is 1. The van der Waals surface area contributed by atoms with Gasteiger partial charge in [0.05, 0.1) is 28.3 Å². The van der Waals surface area contributed by atoms with Crippen LogP contribution in [0.3, 0.4) is 0 Å². The maximum Gasteiger partial charge on any atom is 0.417 e. The Morgan fingerprint density at radius 1 is 1.41 bits per heavy atom. The predicted molar refractivity (Wildman–Crippen MR) is 120 cm³/mol. The number of anilines is 1. The zero-order chi connectivity index (χ0) is 20.3. The summed E-state index contributed by atoms with van der Waals surface area (Å²) in [4.78, 5) is 15.4. The van der Waals surface area contributed by atoms with Gasteiger partial charge in [-0.2, -0.15) is 13.2 Å². The Morgan fingerprint density at radius 3 is 2.76 bits per heavy atom. The average Bonchev–Trinajstić information content (AvgIpc) is 3.26. The van der Waals surface area contributed by atoms with Gasteiger partial charge in [-0.15, -0.1) is 35.3 Å². The second-order valence-corrected chi connectivity index (χ2v) is 7.74. The summed E-state index contributed by atoms with van der Waals surface area (Å²) in [7, 11) is 1.69. The summed E-state index contributed by atoms with van der Waals surface area (Å²) >= 11 is 7.63. The fourth-order valence-electron chi connectivity index (χ4n) is 2.94. The number of nitrogens with zero attached hydrogens (tertiary/aromatic N) is 4. The summed E-state index contributed by atoms with van der Waals surface area (Å²) in [6.45, 7) is 3.79. The molecule has 29 heavy (non-hydrogen) atoms. The molecule has 2 aromatic rings. The fourth-order valence-corrected chi connectivity index (χ4v) is 3.94. The molecule has 0 radical (unpaired) electrons. The highest BCUT2D eigenvalue weighted by atomic mass is 127. The van der Waals surface area contributed by atoms with Crippen LogP contribution >= 0.6 is 46.9 Å². The van der Waals surface area contributed by atoms with E-state index in [0.29, 0.717) is 31.4 Å². The lowest BCUT2D eigenvalue weighted by Crippen LogP contribution is -2.44. The van der Waals surface area contributed by atoms with Crippen molar-refractivity contribution < 1.29 is 13.2 Å². The molecule has 0 spiro atoms. The summed E-state index contributed by atoms with van der Waals surface area (Å²) in [6.07, 6.45) is -2.85. The van der Waals surface area contributed by atoms with Crippen molar-refractivity contribution in [2.24, 2.45) is 4.99 Å². The topological polar surface area (TPSA) is 65.4 Å². The van der Waals surface area contributed by atoms with E-state index in [9.17, 15) is 13.2 Å². The van der Waals surface area contributed by atoms with Crippen molar-refractivity contribution in [2.45, 2.75) is 32.1 Å². The zero-order valence-corrected chi connectivity index (χ0v) is 19.7. The highest BCUT2D eigenvalue weighted by Crippen LogP contribution is 2.34. The van der Waals surface area contributed by atoms with E-state index in [2.05, 4.69) is 25.6 Å². The standard InChI is InChI=1S/C17H20ClF3N6S.HI/c1-10-14(28-9-25-10)7-24-16(22-2)26-12-3-4-27(8-12)15-13(18)5-11(6-23-15)17(19,20)21;/h5-6,9,12H,3-4,7-8H2,1-2H3,(H2,22,24,26);1H. The summed E-state index contributed by atoms with van der Waals surface area (Å²) in [5.74, 6) is 1.02. The molecule has 3 rings (SSSR count). The van der Waals surface area contributed by atoms with Crippen LogP contribution in [-0.2, 0) is 12.7 Å². The SMILES string of the molecule is CN=C(NCc1scnc1C)NC1CCN(c2ncc(C(F)(F)F)cc2Cl)C1.I. The van der Waals surface area contributed by atoms with Gasteiger partial charge in [0.15, 0.2) is 5.96 Å². The third-order valence-corrected chi connectivity index (χ3v) is 5.68. The van der Waals surface area contributed by atoms with Gasteiger partial charge in [-0.3, -0.25) is 4.99 Å². The second kappa shape index (κ2) is 10.1. The highest BCUT2D eigenvalue weighted by Gasteiger charge is 2.33. The minimum Gasteiger partial charge on any atom is -0.353 e. The van der Waals surface area contributed by atoms with Crippen LogP contribution < -0.4 is 15.5 Å². The second-order valence-electron chi connectivity index (χ2n) is 6.39. The summed E-state index contributed by atoms with van der Waals surface area (Å²) in [5, 5.41) is 6.59. The average molecular weight is 561 g/mol. The van der Waals surface area contributed by atoms with Crippen molar-refractivity contribution in [1.82, 2.24) is 20.6 Å². The molecule has 0 aromatic carbocycles. The first-order valence-corrected chi connectivity index (χ1v) is 9.87. The third-order valence-electron chi connectivity index (χ3n) is 4.46. The smallest absolute Gasteiger partial charge is 0.353 e. The van der Waals surface area contributed by atoms with E-state index >= 15 is 0 Å². The molecule has 0 bridgehead atoms. The van der Waals surface area contributed by atoms with Crippen molar-refractivity contribution in [3.05, 3.63) is 38.9 Å². The van der Waals surface area contributed by atoms with Crippen LogP contribution in [0.5, 0.6) is 0 Å². The van der Waals surface area contributed by atoms with Gasteiger partial charge in [-0.05, 0) is 19.4 Å². The van der Waals surface area contributed by atoms with Crippen molar-refractivity contribution in [1.29, 1.82) is 0 Å². The fraction of sp³-hybridized carbons (Fsp3) is 0.471. The molecular formula is C17H21ClF3IN6S. The van der Waals surface area contributed by atoms with Gasteiger partial charge in [-0.1, -0.05) is 11.6 Å². The van der Waals surface area contributed by atoms with Crippen LogP contribution in [0.2, 0.25) is 5.02 Å². The van der Waals surface area contributed by atoms with Crippen LogP contribution in [0.4, 0.5) is 19.0 Å². The maximum absolute atomic E-state index is 12.8. The van der Waals surface area contributed by atoms with Crippen molar-refractivity contribution in [3.8, 4) is 0 Å². The minimum atomic E-state index is -4.46. The summed E-state index contributed by atoms with van der Waals surface area (Å²) in [5.41, 5.74) is 1.94. The molecule has 1 atom stereocenters. The van der Waals surface area contributed by atoms with Gasteiger partial charge in [0.1, 0.15) is 5.82 Å². The molecule has 0 aliphatic carbocycles. The molecule has 2 N–H and O–H groups in total. The normalized spacial score (nSPS) is 17.2. The number of guanidine groups is 1. The van der Waals surface area contributed by atoms with Crippen LogP contribution in [0.15, 0.2) is 22.8 Å². The Hall–Kier alpha value is -1.34. The monoisotopic (exact) mass is 560 g/mol. The van der Waals surface area contributed by atoms with Gasteiger partial charge < -0.3 is 15.5 Å². The molecule has 6 nitrogen and oxygen atoms in total. The number of rotatable bonds is 4. The summed E-state index contributed by atoms with van der Waals surface area (Å²) in [6, 6.07) is 0.997. The molecular weight excluding hydrogens is 540 g/mol. The summed E-state index contributed by atoms with van der Waals surface area (Å²) < 4.78 is 38.3. The van der Waals surface area contributed by atoms with Crippen LogP contribution in [0.1, 0.15) is 22.6 Å². The van der Waals surface area contributed by atoms with E-state index in [1.165, 1.54) is 0 Å². The lowest BCUT2D eigenvalue weighted by Gasteiger charge is -2.21. The first-order valence-electron chi connectivity index (χ1n) is 8.61. The molecule has 0 saturated carbocycles. The Bertz CT molecular complexity index is 860. The van der Waals surface area contributed by atoms with E-state index in [-0.39, 0.29) is 35.0 Å². The minimum absolute atomic E-state index is 0. The first-order chi connectivity index (χ1) is 13.3. The number of nitrogens with one attached hydrogen (secondary N) is 2. The molecule has 1 unspecified atom stereocenters. The van der Waals surface area contributed by atoms with Gasteiger partial charge in [-0.25, -0.2) is 9.97 Å². The predicted octanol–water partition coefficient (Wildman–Crippen LogP) is 4.08. The molecule has 0 amide bonds. The Kier molecular flexibility index (Phi) is 8.35. The van der Waals surface area contributed by atoms with Crippen molar-refractivity contribution in [2.75, 3.05) is 25.0 Å². The molecule has 1 aliphatic heterocycles. The quantitative estimate of drug-likeness (QED) is 0.335. The number of aromatic nitrogens is 2. The number of halogens is 5. The van der Waals surface area contributed by atoms with E-state index < -0.39 is 11.7 Å². The molecule has 12 heteroatoms. The zero-order valence-electron chi connectivity index (χ0n) is 15.8. The van der Waals surface area contributed by atoms with Gasteiger partial charge >= 0.3 is 6.18 Å². The van der Waals surface area contributed by atoms with Gasteiger partial charge in [0, 0.05) is 37.3 Å². The Balaban J connectivity index is 0.00000300. The Morgan fingerprint density at radius 2 is 2.17 bits per heavy atom. The molecule has 160 valence electrons. The molecule has 3 heterocycles. The first kappa shape index (κ1) is 23.9. The van der Waals surface area contributed by atoms with Crippen LogP contribution in [-0.4, -0.2) is 42.1 Å². The van der Waals surface area contributed by atoms with E-state index in [4.69, 9.17) is 11.6 Å². The number of aryl methyl sites for hydroxylation is 1. The van der Waals surface area contributed by atoms with Crippen molar-refractivity contribution in [3.63, 3.8) is 0 Å². The number of alkyl halides is 3. The number of thiazole rings is 1. The van der Waals surface area contributed by atoms with Crippen molar-refractivity contribution >= 4 is 58.7 Å². The van der Waals surface area contributed by atoms with E-state index in [1.54, 1.807) is 23.9 Å². The van der Waals surface area contributed by atoms with Gasteiger partial charge in [0.2, 0.25) is 0 Å². The highest BCUT2D eigenvalue weighted by molar-refractivity contribution is 14.0. The van der Waals surface area contributed by atoms with E-state index in [1.807, 2.05) is 11.8 Å². The molecule has 2 aromatic heterocycles. The Labute approximate surface area is 193 Å². The number of pyridine rings is 1. The number of hydrogen-bond donors (Lipinski definition) is 2. The lowest BCUT2D eigenvalue weighted by molar-refractivity contribution is -0.137. The maximum atomic E-state index is 12.8. The number of hydrogen-bond acceptors (Lipinski definition) is 5. The molecule has 1 fully saturated rings. The largest absolute Gasteiger partial charge is 0.417 e. The molecule has 1 saturated heterocycles. The molecule has 1 aliphatic rings. The van der Waals surface area contributed by atoms with Gasteiger partial charge in [0.25, 0.3) is 0 Å². The van der Waals surface area contributed by atoms with Crippen LogP contribution in [0, 0.1) is 6.92 Å². The third kappa shape index (κ3) is 6.07. The van der Waals surface area contributed by atoms with E-state index in [0.717, 1.165) is 29.3 Å².